The molecule has 1 aliphatic rings. The highest BCUT2D eigenvalue weighted by Crippen LogP contribution is 2.36. The lowest BCUT2D eigenvalue weighted by Crippen LogP contribution is -2.08. The van der Waals surface area contributed by atoms with E-state index >= 15 is 0 Å². The van der Waals surface area contributed by atoms with Gasteiger partial charge in [-0.15, -0.1) is 0 Å². The van der Waals surface area contributed by atoms with Crippen LogP contribution in [0.5, 0.6) is 5.75 Å². The maximum atomic E-state index is 11.8. The van der Waals surface area contributed by atoms with Gasteiger partial charge >= 0.3 is 5.97 Å². The molecule has 0 N–H and O–H groups in total. The highest BCUT2D eigenvalue weighted by atomic mass is 16.5. The molecule has 0 amide bonds. The lowest BCUT2D eigenvalue weighted by atomic mass is 10.1. The van der Waals surface area contributed by atoms with Gasteiger partial charge in [-0.1, -0.05) is 31.2 Å². The van der Waals surface area contributed by atoms with Crippen LogP contribution < -0.4 is 4.74 Å². The zero-order valence-corrected chi connectivity index (χ0v) is 17.5. The first-order chi connectivity index (χ1) is 14.6. The standard InChI is InChI=1S/C25H27NO4/c1-3-7-24(27)29-23-13-10-19-16-20(11-12-21(19)23)28-15-14-22-17(2)26-25(30-22)18-8-5-4-6-9-18/h4-6,8-9,11-12,16,23H,3,7,10,13-15H2,1-2H3/t23-/m0/s1. The van der Waals surface area contributed by atoms with Crippen LogP contribution in [-0.2, 0) is 22.4 Å². The molecule has 5 nitrogen and oxygen atoms in total. The molecule has 1 atom stereocenters. The van der Waals surface area contributed by atoms with Crippen LogP contribution in [0.4, 0.5) is 0 Å². The third kappa shape index (κ3) is 4.56. The van der Waals surface area contributed by atoms with Gasteiger partial charge in [0.2, 0.25) is 5.89 Å². The van der Waals surface area contributed by atoms with E-state index in [2.05, 4.69) is 11.1 Å². The molecule has 3 aromatic rings. The normalized spacial score (nSPS) is 15.1. The first-order valence-electron chi connectivity index (χ1n) is 10.6. The zero-order chi connectivity index (χ0) is 20.9. The van der Waals surface area contributed by atoms with E-state index in [1.54, 1.807) is 0 Å². The number of carbonyl (C=O) groups excluding carboxylic acids is 1. The minimum Gasteiger partial charge on any atom is -0.493 e. The minimum absolute atomic E-state index is 0.118. The van der Waals surface area contributed by atoms with Crippen LogP contribution in [0.25, 0.3) is 11.5 Å². The van der Waals surface area contributed by atoms with Gasteiger partial charge in [0.05, 0.1) is 12.3 Å². The largest absolute Gasteiger partial charge is 0.493 e. The molecule has 4 rings (SSSR count). The number of fused-ring (bicyclic) bond motifs is 1. The van der Waals surface area contributed by atoms with Crippen molar-refractivity contribution in [1.82, 2.24) is 4.98 Å². The zero-order valence-electron chi connectivity index (χ0n) is 17.5. The third-order valence-electron chi connectivity index (χ3n) is 5.38. The lowest BCUT2D eigenvalue weighted by molar-refractivity contribution is -0.149. The first-order valence-corrected chi connectivity index (χ1v) is 10.6. The molecule has 0 radical (unpaired) electrons. The number of benzene rings is 2. The summed E-state index contributed by atoms with van der Waals surface area (Å²) in [5, 5.41) is 0. The fourth-order valence-corrected chi connectivity index (χ4v) is 3.81. The van der Waals surface area contributed by atoms with Crippen LogP contribution in [0.1, 0.15) is 54.9 Å². The Hall–Kier alpha value is -3.08. The predicted octanol–water partition coefficient (Wildman–Crippen LogP) is 5.60. The summed E-state index contributed by atoms with van der Waals surface area (Å²) >= 11 is 0. The molecule has 0 saturated heterocycles. The maximum absolute atomic E-state index is 11.8. The molecule has 0 bridgehead atoms. The average molecular weight is 405 g/mol. The van der Waals surface area contributed by atoms with E-state index in [0.29, 0.717) is 25.3 Å². The van der Waals surface area contributed by atoms with Crippen LogP contribution in [0, 0.1) is 6.92 Å². The summed E-state index contributed by atoms with van der Waals surface area (Å²) in [6.45, 7) is 4.45. The Morgan fingerprint density at radius 2 is 2.03 bits per heavy atom. The number of hydrogen-bond acceptors (Lipinski definition) is 5. The first kappa shape index (κ1) is 20.2. The Kier molecular flexibility index (Phi) is 6.17. The summed E-state index contributed by atoms with van der Waals surface area (Å²) in [7, 11) is 0. The number of esters is 1. The van der Waals surface area contributed by atoms with Crippen molar-refractivity contribution in [2.24, 2.45) is 0 Å². The number of nitrogens with zero attached hydrogens (tertiary/aromatic N) is 1. The third-order valence-corrected chi connectivity index (χ3v) is 5.38. The predicted molar refractivity (Wildman–Crippen MR) is 114 cm³/mol. The van der Waals surface area contributed by atoms with Crippen molar-refractivity contribution in [3.05, 3.63) is 71.1 Å². The molecule has 1 aliphatic carbocycles. The second kappa shape index (κ2) is 9.16. The van der Waals surface area contributed by atoms with Crippen molar-refractivity contribution in [3.63, 3.8) is 0 Å². The number of carbonyl (C=O) groups is 1. The van der Waals surface area contributed by atoms with Crippen LogP contribution in [-0.4, -0.2) is 17.6 Å². The maximum Gasteiger partial charge on any atom is 0.306 e. The summed E-state index contributed by atoms with van der Waals surface area (Å²) in [5.41, 5.74) is 4.16. The fourth-order valence-electron chi connectivity index (χ4n) is 3.81. The highest BCUT2D eigenvalue weighted by molar-refractivity contribution is 5.69. The lowest BCUT2D eigenvalue weighted by Gasteiger charge is -2.14. The topological polar surface area (TPSA) is 61.6 Å². The summed E-state index contributed by atoms with van der Waals surface area (Å²) in [5.74, 6) is 2.20. The average Bonchev–Trinajstić information content (AvgIpc) is 3.32. The summed E-state index contributed by atoms with van der Waals surface area (Å²) in [6, 6.07) is 15.9. The molecule has 2 aromatic carbocycles. The van der Waals surface area contributed by atoms with E-state index in [4.69, 9.17) is 13.9 Å². The minimum atomic E-state index is -0.124. The van der Waals surface area contributed by atoms with Crippen molar-refractivity contribution in [2.45, 2.75) is 52.1 Å². The molecule has 1 heterocycles. The van der Waals surface area contributed by atoms with Crippen LogP contribution in [0.2, 0.25) is 0 Å². The van der Waals surface area contributed by atoms with Crippen LogP contribution in [0.15, 0.2) is 52.9 Å². The Morgan fingerprint density at radius 1 is 1.20 bits per heavy atom. The van der Waals surface area contributed by atoms with Gasteiger partial charge in [0.1, 0.15) is 17.6 Å². The van der Waals surface area contributed by atoms with Crippen molar-refractivity contribution >= 4 is 5.97 Å². The Morgan fingerprint density at radius 3 is 2.83 bits per heavy atom. The van der Waals surface area contributed by atoms with E-state index < -0.39 is 0 Å². The van der Waals surface area contributed by atoms with Crippen molar-refractivity contribution in [2.75, 3.05) is 6.61 Å². The Labute approximate surface area is 177 Å². The van der Waals surface area contributed by atoms with E-state index in [-0.39, 0.29) is 12.1 Å². The molecule has 1 aromatic heterocycles. The summed E-state index contributed by atoms with van der Waals surface area (Å²) in [6.07, 6.45) is 3.55. The van der Waals surface area contributed by atoms with Gasteiger partial charge in [0, 0.05) is 18.4 Å². The van der Waals surface area contributed by atoms with Crippen LogP contribution in [0.3, 0.4) is 0 Å². The van der Waals surface area contributed by atoms with Gasteiger partial charge in [0.15, 0.2) is 0 Å². The van der Waals surface area contributed by atoms with Gasteiger partial charge in [-0.3, -0.25) is 4.79 Å². The number of rotatable bonds is 8. The van der Waals surface area contributed by atoms with E-state index in [9.17, 15) is 4.79 Å². The second-order valence-electron chi connectivity index (χ2n) is 7.62. The molecular weight excluding hydrogens is 378 g/mol. The monoisotopic (exact) mass is 405 g/mol. The number of aryl methyl sites for hydroxylation is 2. The number of ether oxygens (including phenoxy) is 2. The van der Waals surface area contributed by atoms with E-state index in [1.165, 1.54) is 5.56 Å². The molecule has 30 heavy (non-hydrogen) atoms. The summed E-state index contributed by atoms with van der Waals surface area (Å²) in [4.78, 5) is 16.3. The number of hydrogen-bond donors (Lipinski definition) is 0. The molecule has 0 fully saturated rings. The Balaban J connectivity index is 1.34. The number of aromatic nitrogens is 1. The fraction of sp³-hybridized carbons (Fsp3) is 0.360. The quantitative estimate of drug-likeness (QED) is 0.456. The molecule has 0 saturated carbocycles. The molecule has 5 heteroatoms. The van der Waals surface area contributed by atoms with E-state index in [1.807, 2.05) is 56.3 Å². The second-order valence-corrected chi connectivity index (χ2v) is 7.62. The smallest absolute Gasteiger partial charge is 0.306 e. The molecule has 0 spiro atoms. The van der Waals surface area contributed by atoms with Gasteiger partial charge in [-0.25, -0.2) is 4.98 Å². The van der Waals surface area contributed by atoms with Gasteiger partial charge in [-0.2, -0.15) is 0 Å². The van der Waals surface area contributed by atoms with Crippen molar-refractivity contribution in [3.8, 4) is 17.2 Å². The van der Waals surface area contributed by atoms with Gasteiger partial charge in [0.25, 0.3) is 0 Å². The Bertz CT molecular complexity index is 1010. The van der Waals surface area contributed by atoms with Gasteiger partial charge in [-0.05, 0) is 61.6 Å². The van der Waals surface area contributed by atoms with Crippen LogP contribution >= 0.6 is 0 Å². The SMILES string of the molecule is CCCC(=O)O[C@H]1CCc2cc(OCCc3oc(-c4ccccc4)nc3C)ccc21. The van der Waals surface area contributed by atoms with Crippen molar-refractivity contribution < 1.29 is 18.7 Å². The number of oxazole rings is 1. The molecular formula is C25H27NO4. The summed E-state index contributed by atoms with van der Waals surface area (Å²) < 4.78 is 17.5. The van der Waals surface area contributed by atoms with E-state index in [0.717, 1.165) is 47.6 Å². The highest BCUT2D eigenvalue weighted by Gasteiger charge is 2.26. The molecule has 0 aliphatic heterocycles. The van der Waals surface area contributed by atoms with Gasteiger partial charge < -0.3 is 13.9 Å². The molecule has 0 unspecified atom stereocenters. The van der Waals surface area contributed by atoms with Crippen molar-refractivity contribution in [1.29, 1.82) is 0 Å². The molecule has 156 valence electrons.